The van der Waals surface area contributed by atoms with Crippen molar-refractivity contribution in [3.8, 4) is 0 Å². The Kier molecular flexibility index (Phi) is 4.90. The summed E-state index contributed by atoms with van der Waals surface area (Å²) in [5.74, 6) is 0.0741. The van der Waals surface area contributed by atoms with Gasteiger partial charge in [-0.1, -0.05) is 6.07 Å². The van der Waals surface area contributed by atoms with Crippen LogP contribution in [0.1, 0.15) is 29.9 Å². The molecule has 0 N–H and O–H groups in total. The van der Waals surface area contributed by atoms with Gasteiger partial charge in [0.25, 0.3) is 0 Å². The Hall–Kier alpha value is -1.68. The summed E-state index contributed by atoms with van der Waals surface area (Å²) in [6.45, 7) is 5.30. The van der Waals surface area contributed by atoms with Gasteiger partial charge in [-0.15, -0.1) is 0 Å². The maximum absolute atomic E-state index is 11.4. The highest BCUT2D eigenvalue weighted by Gasteiger charge is 2.11. The van der Waals surface area contributed by atoms with Gasteiger partial charge >= 0.3 is 0 Å². The lowest BCUT2D eigenvalue weighted by molar-refractivity contribution is 0.101. The Morgan fingerprint density at radius 3 is 2.65 bits per heavy atom. The zero-order valence-corrected chi connectivity index (χ0v) is 13.2. The largest absolute Gasteiger partial charge is 0.365 e. The van der Waals surface area contributed by atoms with Crippen LogP contribution in [0.15, 0.2) is 47.1 Å². The van der Waals surface area contributed by atoms with E-state index < -0.39 is 0 Å². The molecule has 0 radical (unpaired) electrons. The Labute approximate surface area is 127 Å². The Balaban J connectivity index is 2.26. The first-order chi connectivity index (χ1) is 9.61. The highest BCUT2D eigenvalue weighted by atomic mass is 79.9. The second-order valence-corrected chi connectivity index (χ2v) is 5.41. The lowest BCUT2D eigenvalue weighted by atomic mass is 10.1. The molecular formula is C16H17BrN2O. The Bertz CT molecular complexity index is 599. The van der Waals surface area contributed by atoms with E-state index in [1.807, 2.05) is 36.4 Å². The molecule has 104 valence electrons. The molecule has 0 amide bonds. The first-order valence-corrected chi connectivity index (χ1v) is 7.36. The maximum Gasteiger partial charge on any atom is 0.159 e. The van der Waals surface area contributed by atoms with Gasteiger partial charge in [0.15, 0.2) is 5.78 Å². The molecule has 2 rings (SSSR count). The number of anilines is 1. The van der Waals surface area contributed by atoms with Gasteiger partial charge in [-0.05, 0) is 60.1 Å². The molecule has 1 aromatic carbocycles. The van der Waals surface area contributed by atoms with Gasteiger partial charge < -0.3 is 4.90 Å². The van der Waals surface area contributed by atoms with E-state index >= 15 is 0 Å². The summed E-state index contributed by atoms with van der Waals surface area (Å²) in [7, 11) is 0. The highest BCUT2D eigenvalue weighted by molar-refractivity contribution is 9.10. The smallest absolute Gasteiger partial charge is 0.159 e. The highest BCUT2D eigenvalue weighted by Crippen LogP contribution is 2.28. The van der Waals surface area contributed by atoms with Crippen molar-refractivity contribution in [3.63, 3.8) is 0 Å². The van der Waals surface area contributed by atoms with Crippen LogP contribution >= 0.6 is 15.9 Å². The summed E-state index contributed by atoms with van der Waals surface area (Å²) in [6.07, 6.45) is 1.80. The van der Waals surface area contributed by atoms with Crippen LogP contribution in [-0.2, 0) is 6.54 Å². The summed E-state index contributed by atoms with van der Waals surface area (Å²) in [5, 5.41) is 0. The van der Waals surface area contributed by atoms with Crippen LogP contribution in [-0.4, -0.2) is 17.3 Å². The van der Waals surface area contributed by atoms with Crippen molar-refractivity contribution in [2.45, 2.75) is 20.4 Å². The minimum absolute atomic E-state index is 0.0741. The average Bonchev–Trinajstić information content (AvgIpc) is 2.46. The molecule has 0 aliphatic heterocycles. The van der Waals surface area contributed by atoms with E-state index in [-0.39, 0.29) is 5.78 Å². The molecule has 0 unspecified atom stereocenters. The van der Waals surface area contributed by atoms with Gasteiger partial charge in [-0.25, -0.2) is 0 Å². The summed E-state index contributed by atoms with van der Waals surface area (Å²) >= 11 is 3.56. The predicted molar refractivity (Wildman–Crippen MR) is 85.1 cm³/mol. The molecule has 0 aliphatic rings. The van der Waals surface area contributed by atoms with Crippen molar-refractivity contribution in [1.29, 1.82) is 0 Å². The number of benzene rings is 1. The molecule has 20 heavy (non-hydrogen) atoms. The third-order valence-corrected chi connectivity index (χ3v) is 3.79. The van der Waals surface area contributed by atoms with E-state index in [0.717, 1.165) is 34.5 Å². The fraction of sp³-hybridized carbons (Fsp3) is 0.250. The number of carbonyl (C=O) groups is 1. The molecule has 0 atom stereocenters. The molecule has 3 nitrogen and oxygen atoms in total. The monoisotopic (exact) mass is 332 g/mol. The average molecular weight is 333 g/mol. The summed E-state index contributed by atoms with van der Waals surface area (Å²) in [6, 6.07) is 11.6. The first-order valence-electron chi connectivity index (χ1n) is 6.57. The topological polar surface area (TPSA) is 33.2 Å². The SMILES string of the molecule is CCN(Cc1ccccn1)c1ccc(C(C)=O)cc1Br. The molecule has 0 aliphatic carbocycles. The van der Waals surface area contributed by atoms with Crippen molar-refractivity contribution in [2.24, 2.45) is 0 Å². The van der Waals surface area contributed by atoms with E-state index in [9.17, 15) is 4.79 Å². The second-order valence-electron chi connectivity index (χ2n) is 4.56. The van der Waals surface area contributed by atoms with Gasteiger partial charge in [-0.3, -0.25) is 9.78 Å². The molecule has 1 aromatic heterocycles. The van der Waals surface area contributed by atoms with Crippen molar-refractivity contribution in [3.05, 3.63) is 58.3 Å². The summed E-state index contributed by atoms with van der Waals surface area (Å²) in [5.41, 5.74) is 2.81. The molecule has 2 aromatic rings. The van der Waals surface area contributed by atoms with E-state index in [0.29, 0.717) is 0 Å². The maximum atomic E-state index is 11.4. The number of nitrogens with zero attached hydrogens (tertiary/aromatic N) is 2. The number of hydrogen-bond donors (Lipinski definition) is 0. The van der Waals surface area contributed by atoms with Gasteiger partial charge in [0.2, 0.25) is 0 Å². The Morgan fingerprint density at radius 1 is 1.30 bits per heavy atom. The number of hydrogen-bond acceptors (Lipinski definition) is 3. The van der Waals surface area contributed by atoms with Gasteiger partial charge in [0, 0.05) is 22.8 Å². The zero-order valence-electron chi connectivity index (χ0n) is 11.6. The number of Topliss-reactive ketones (excluding diaryl/α,β-unsaturated/α-hetero) is 1. The standard InChI is InChI=1S/C16H17BrN2O/c1-3-19(11-14-6-4-5-9-18-14)16-8-7-13(12(2)20)10-15(16)17/h4-10H,3,11H2,1-2H3. The number of ketones is 1. The van der Waals surface area contributed by atoms with Crippen molar-refractivity contribution in [2.75, 3.05) is 11.4 Å². The molecule has 0 bridgehead atoms. The molecule has 0 saturated carbocycles. The number of halogens is 1. The fourth-order valence-corrected chi connectivity index (χ4v) is 2.67. The van der Waals surface area contributed by atoms with Crippen LogP contribution in [0.4, 0.5) is 5.69 Å². The van der Waals surface area contributed by atoms with E-state index in [4.69, 9.17) is 0 Å². The minimum atomic E-state index is 0.0741. The first kappa shape index (κ1) is 14.7. The van der Waals surface area contributed by atoms with Crippen LogP contribution in [0.2, 0.25) is 0 Å². The van der Waals surface area contributed by atoms with Crippen molar-refractivity contribution < 1.29 is 4.79 Å². The van der Waals surface area contributed by atoms with Gasteiger partial charge in [0.1, 0.15) is 0 Å². The molecule has 0 spiro atoms. The van der Waals surface area contributed by atoms with Crippen LogP contribution in [0, 0.1) is 0 Å². The minimum Gasteiger partial charge on any atom is -0.365 e. The van der Waals surface area contributed by atoms with Crippen LogP contribution in [0.5, 0.6) is 0 Å². The lowest BCUT2D eigenvalue weighted by Gasteiger charge is -2.24. The lowest BCUT2D eigenvalue weighted by Crippen LogP contribution is -2.23. The van der Waals surface area contributed by atoms with Crippen LogP contribution in [0.3, 0.4) is 0 Å². The van der Waals surface area contributed by atoms with Gasteiger partial charge in [-0.2, -0.15) is 0 Å². The quantitative estimate of drug-likeness (QED) is 0.773. The number of carbonyl (C=O) groups excluding carboxylic acids is 1. The van der Waals surface area contributed by atoms with Crippen molar-refractivity contribution in [1.82, 2.24) is 4.98 Å². The van der Waals surface area contributed by atoms with E-state index in [2.05, 4.69) is 32.7 Å². The van der Waals surface area contributed by atoms with Crippen molar-refractivity contribution >= 4 is 27.4 Å². The fourth-order valence-electron chi connectivity index (χ4n) is 2.04. The molecular weight excluding hydrogens is 316 g/mol. The third kappa shape index (κ3) is 3.45. The Morgan fingerprint density at radius 2 is 2.10 bits per heavy atom. The molecule has 0 saturated heterocycles. The van der Waals surface area contributed by atoms with Crippen LogP contribution in [0.25, 0.3) is 0 Å². The predicted octanol–water partition coefficient (Wildman–Crippen LogP) is 4.07. The normalized spacial score (nSPS) is 10.3. The zero-order chi connectivity index (χ0) is 14.5. The number of rotatable bonds is 5. The molecule has 1 heterocycles. The van der Waals surface area contributed by atoms with E-state index in [1.54, 1.807) is 13.1 Å². The molecule has 0 fully saturated rings. The number of aromatic nitrogens is 1. The number of pyridine rings is 1. The molecule has 4 heteroatoms. The summed E-state index contributed by atoms with van der Waals surface area (Å²) in [4.78, 5) is 18.0. The van der Waals surface area contributed by atoms with Crippen LogP contribution < -0.4 is 4.90 Å². The third-order valence-electron chi connectivity index (χ3n) is 3.16. The van der Waals surface area contributed by atoms with E-state index in [1.165, 1.54) is 0 Å². The second kappa shape index (κ2) is 6.66. The van der Waals surface area contributed by atoms with Gasteiger partial charge in [0.05, 0.1) is 17.9 Å². The summed E-state index contributed by atoms with van der Waals surface area (Å²) < 4.78 is 0.933.